The summed E-state index contributed by atoms with van der Waals surface area (Å²) in [5.74, 6) is -0.679. The Bertz CT molecular complexity index is 878. The molecule has 1 saturated heterocycles. The Morgan fingerprint density at radius 1 is 0.615 bits per heavy atom. The van der Waals surface area contributed by atoms with E-state index in [0.29, 0.717) is 26.1 Å². The maximum Gasteiger partial charge on any atom is 0.407 e. The van der Waals surface area contributed by atoms with Gasteiger partial charge < -0.3 is 24.6 Å². The lowest BCUT2D eigenvalue weighted by Crippen LogP contribution is -2.59. The van der Waals surface area contributed by atoms with Gasteiger partial charge in [0.05, 0.1) is 12.6 Å². The first-order chi connectivity index (χ1) is 25.5. The molecule has 0 aromatic rings. The molecule has 0 radical (unpaired) electrons. The van der Waals surface area contributed by atoms with Crippen molar-refractivity contribution in [2.75, 3.05) is 39.5 Å². The lowest BCUT2D eigenvalue weighted by atomic mass is 10.0. The van der Waals surface area contributed by atoms with Crippen LogP contribution < -0.4 is 5.32 Å². The molecule has 1 unspecified atom stereocenters. The second kappa shape index (κ2) is 35.9. The van der Waals surface area contributed by atoms with Crippen molar-refractivity contribution in [3.63, 3.8) is 0 Å². The lowest BCUT2D eigenvalue weighted by Gasteiger charge is -2.38. The van der Waals surface area contributed by atoms with Gasteiger partial charge in [0.25, 0.3) is 0 Å². The molecule has 9 nitrogen and oxygen atoms in total. The normalized spacial score (nSPS) is 14.0. The summed E-state index contributed by atoms with van der Waals surface area (Å²) in [6.45, 7) is 6.17. The lowest BCUT2D eigenvalue weighted by molar-refractivity contribution is -0.161. The van der Waals surface area contributed by atoms with Crippen molar-refractivity contribution < 1.29 is 33.7 Å². The Hall–Kier alpha value is -2.13. The number of aliphatic hydroxyl groups is 1. The summed E-state index contributed by atoms with van der Waals surface area (Å²) < 4.78 is 16.4. The molecule has 304 valence electrons. The van der Waals surface area contributed by atoms with Crippen molar-refractivity contribution in [2.45, 2.75) is 206 Å². The standard InChI is InChI=1S/C43H80N2O7/c1-3-5-7-9-11-13-15-17-18-20-22-24-26-28-30-32-42(48)52-40(38-51-43(49)44-39-35-45(36-39)33-34-46)37-50-41(47)31-29-27-25-23-21-19-16-14-12-10-8-6-4-2/h17-18,39-40,46H,3-16,19-38H2,1-2H3,(H,44,49)/b18-17-. The number of hydrogen-bond donors (Lipinski definition) is 2. The van der Waals surface area contributed by atoms with E-state index in [-0.39, 0.29) is 44.2 Å². The molecule has 1 rings (SSSR count). The monoisotopic (exact) mass is 737 g/mol. The number of hydrogen-bond acceptors (Lipinski definition) is 8. The van der Waals surface area contributed by atoms with E-state index in [1.807, 2.05) is 4.90 Å². The molecule has 1 aliphatic heterocycles. The average Bonchev–Trinajstić information content (AvgIpc) is 3.12. The zero-order valence-electron chi connectivity index (χ0n) is 33.7. The zero-order chi connectivity index (χ0) is 37.7. The summed E-state index contributed by atoms with van der Waals surface area (Å²) in [4.78, 5) is 39.5. The van der Waals surface area contributed by atoms with E-state index in [0.717, 1.165) is 51.4 Å². The van der Waals surface area contributed by atoms with Gasteiger partial charge in [0.1, 0.15) is 13.2 Å². The minimum atomic E-state index is -0.843. The Labute approximate surface area is 318 Å². The number of ether oxygens (including phenoxy) is 3. The van der Waals surface area contributed by atoms with Crippen LogP contribution in [-0.4, -0.2) is 79.6 Å². The number of amides is 1. The summed E-state index contributed by atoms with van der Waals surface area (Å²) in [7, 11) is 0. The van der Waals surface area contributed by atoms with Gasteiger partial charge in [-0.15, -0.1) is 0 Å². The van der Waals surface area contributed by atoms with E-state index in [1.165, 1.54) is 116 Å². The Kier molecular flexibility index (Phi) is 33.0. The fourth-order valence-electron chi connectivity index (χ4n) is 6.61. The number of nitrogens with one attached hydrogen (secondary N) is 1. The van der Waals surface area contributed by atoms with Crippen molar-refractivity contribution in [1.29, 1.82) is 0 Å². The van der Waals surface area contributed by atoms with Gasteiger partial charge in [-0.1, -0.05) is 154 Å². The number of carbonyl (C=O) groups is 3. The molecule has 0 saturated carbocycles. The third-order valence-corrected chi connectivity index (χ3v) is 9.95. The smallest absolute Gasteiger partial charge is 0.407 e. The van der Waals surface area contributed by atoms with Crippen LogP contribution in [0.1, 0.15) is 194 Å². The van der Waals surface area contributed by atoms with Crippen LogP contribution in [-0.2, 0) is 23.8 Å². The van der Waals surface area contributed by atoms with Crippen LogP contribution in [0.2, 0.25) is 0 Å². The average molecular weight is 737 g/mol. The number of alkyl carbamates (subject to hydrolysis) is 1. The number of carbonyl (C=O) groups excluding carboxylic acids is 3. The molecule has 0 spiro atoms. The minimum Gasteiger partial charge on any atom is -0.462 e. The van der Waals surface area contributed by atoms with Crippen molar-refractivity contribution >= 4 is 18.0 Å². The molecular formula is C43H80N2O7. The molecule has 1 amide bonds. The van der Waals surface area contributed by atoms with E-state index in [4.69, 9.17) is 19.3 Å². The summed E-state index contributed by atoms with van der Waals surface area (Å²) in [6.07, 6.45) is 35.4. The van der Waals surface area contributed by atoms with Crippen LogP contribution in [0.15, 0.2) is 12.2 Å². The molecular weight excluding hydrogens is 656 g/mol. The van der Waals surface area contributed by atoms with E-state index in [9.17, 15) is 14.4 Å². The molecule has 52 heavy (non-hydrogen) atoms. The van der Waals surface area contributed by atoms with E-state index < -0.39 is 12.2 Å². The summed E-state index contributed by atoms with van der Waals surface area (Å²) in [5.41, 5.74) is 0. The predicted octanol–water partition coefficient (Wildman–Crippen LogP) is 10.4. The molecule has 0 bridgehead atoms. The van der Waals surface area contributed by atoms with Crippen molar-refractivity contribution in [3.8, 4) is 0 Å². The maximum absolute atomic E-state index is 12.7. The predicted molar refractivity (Wildman–Crippen MR) is 212 cm³/mol. The number of aliphatic hydroxyl groups excluding tert-OH is 1. The van der Waals surface area contributed by atoms with Crippen molar-refractivity contribution in [2.24, 2.45) is 0 Å². The third kappa shape index (κ3) is 30.3. The van der Waals surface area contributed by atoms with Crippen LogP contribution >= 0.6 is 0 Å². The van der Waals surface area contributed by atoms with E-state index in [1.54, 1.807) is 0 Å². The first kappa shape index (κ1) is 47.9. The largest absolute Gasteiger partial charge is 0.462 e. The Morgan fingerprint density at radius 3 is 1.52 bits per heavy atom. The van der Waals surface area contributed by atoms with E-state index >= 15 is 0 Å². The van der Waals surface area contributed by atoms with Gasteiger partial charge in [-0.25, -0.2) is 4.79 Å². The highest BCUT2D eigenvalue weighted by molar-refractivity contribution is 5.70. The molecule has 0 aromatic heterocycles. The van der Waals surface area contributed by atoms with Crippen LogP contribution in [0, 0.1) is 0 Å². The first-order valence-corrected chi connectivity index (χ1v) is 21.7. The zero-order valence-corrected chi connectivity index (χ0v) is 33.7. The van der Waals surface area contributed by atoms with Gasteiger partial charge in [0, 0.05) is 32.5 Å². The number of β-amino-alcohol motifs (C(OH)–C–C–N with tert-alkyl or cyclic N) is 1. The number of rotatable bonds is 37. The van der Waals surface area contributed by atoms with Crippen LogP contribution in [0.4, 0.5) is 4.79 Å². The van der Waals surface area contributed by atoms with Crippen LogP contribution in [0.3, 0.4) is 0 Å². The van der Waals surface area contributed by atoms with Gasteiger partial charge in [-0.3, -0.25) is 14.5 Å². The fourth-order valence-corrected chi connectivity index (χ4v) is 6.61. The highest BCUT2D eigenvalue weighted by atomic mass is 16.6. The Morgan fingerprint density at radius 2 is 1.04 bits per heavy atom. The van der Waals surface area contributed by atoms with Gasteiger partial charge in [0.2, 0.25) is 0 Å². The summed E-state index contributed by atoms with van der Waals surface area (Å²) in [5, 5.41) is 11.8. The van der Waals surface area contributed by atoms with Crippen molar-refractivity contribution in [3.05, 3.63) is 12.2 Å². The van der Waals surface area contributed by atoms with Gasteiger partial charge in [-0.2, -0.15) is 0 Å². The van der Waals surface area contributed by atoms with Gasteiger partial charge in [0.15, 0.2) is 6.10 Å². The number of nitrogens with zero attached hydrogens (tertiary/aromatic N) is 1. The SMILES string of the molecule is CCCCCCCC/C=C\CCCCCCCC(=O)OC(COC(=O)CCCCCCCCCCCCCCC)COC(=O)NC1CN(CCO)C1. The maximum atomic E-state index is 12.7. The molecule has 1 fully saturated rings. The topological polar surface area (TPSA) is 114 Å². The second-order valence-electron chi connectivity index (χ2n) is 15.0. The van der Waals surface area contributed by atoms with Crippen LogP contribution in [0.25, 0.3) is 0 Å². The minimum absolute atomic E-state index is 0.0423. The number of likely N-dealkylation sites (tertiary alicyclic amines) is 1. The summed E-state index contributed by atoms with van der Waals surface area (Å²) in [6, 6.07) is -0.0423. The molecule has 1 atom stereocenters. The van der Waals surface area contributed by atoms with E-state index in [2.05, 4.69) is 31.3 Å². The summed E-state index contributed by atoms with van der Waals surface area (Å²) >= 11 is 0. The quantitative estimate of drug-likeness (QED) is 0.0280. The number of esters is 2. The molecule has 1 aliphatic rings. The number of unbranched alkanes of at least 4 members (excludes halogenated alkanes) is 23. The molecule has 0 aliphatic carbocycles. The molecule has 0 aromatic carbocycles. The molecule has 1 heterocycles. The molecule has 9 heteroatoms. The third-order valence-electron chi connectivity index (χ3n) is 9.95. The molecule has 2 N–H and O–H groups in total. The van der Waals surface area contributed by atoms with Gasteiger partial charge in [-0.05, 0) is 38.5 Å². The Balaban J connectivity index is 2.24. The highest BCUT2D eigenvalue weighted by Gasteiger charge is 2.28. The highest BCUT2D eigenvalue weighted by Crippen LogP contribution is 2.15. The van der Waals surface area contributed by atoms with Gasteiger partial charge >= 0.3 is 18.0 Å². The first-order valence-electron chi connectivity index (χ1n) is 21.7. The number of allylic oxidation sites excluding steroid dienone is 2. The van der Waals surface area contributed by atoms with Crippen LogP contribution in [0.5, 0.6) is 0 Å². The van der Waals surface area contributed by atoms with Crippen molar-refractivity contribution in [1.82, 2.24) is 10.2 Å². The second-order valence-corrected chi connectivity index (χ2v) is 15.0. The fraction of sp³-hybridized carbons (Fsp3) is 0.884.